The van der Waals surface area contributed by atoms with Crippen LogP contribution < -0.4 is 4.90 Å². The lowest BCUT2D eigenvalue weighted by molar-refractivity contribution is 0.444. The normalized spacial score (nSPS) is 17.7. The molecule has 0 aliphatic heterocycles. The van der Waals surface area contributed by atoms with Crippen LogP contribution in [0.15, 0.2) is 176 Å². The summed E-state index contributed by atoms with van der Waals surface area (Å²) in [4.78, 5) is 2.52. The van der Waals surface area contributed by atoms with Gasteiger partial charge in [-0.2, -0.15) is 0 Å². The van der Waals surface area contributed by atoms with Gasteiger partial charge in [0.15, 0.2) is 0 Å². The fraction of sp³-hybridized carbons (Fsp3) is 0.186. The van der Waals surface area contributed by atoms with E-state index < -0.39 is 5.41 Å². The van der Waals surface area contributed by atoms with Gasteiger partial charge in [-0.3, -0.25) is 0 Å². The van der Waals surface area contributed by atoms with E-state index in [0.717, 1.165) is 5.69 Å². The zero-order chi connectivity index (χ0) is 40.2. The third-order valence-electron chi connectivity index (χ3n) is 14.8. The first-order valence-electron chi connectivity index (χ1n) is 22.1. The Morgan fingerprint density at radius 2 is 0.867 bits per heavy atom. The fourth-order valence-corrected chi connectivity index (χ4v) is 12.0. The molecular weight excluding hydrogens is 723 g/mol. The summed E-state index contributed by atoms with van der Waals surface area (Å²) >= 11 is 0. The second-order valence-corrected chi connectivity index (χ2v) is 18.3. The maximum absolute atomic E-state index is 2.53. The van der Waals surface area contributed by atoms with E-state index >= 15 is 0 Å². The molecule has 1 nitrogen and oxygen atoms in total. The molecule has 8 aromatic carbocycles. The minimum atomic E-state index is -0.417. The number of anilines is 3. The summed E-state index contributed by atoms with van der Waals surface area (Å²) < 4.78 is 0. The van der Waals surface area contributed by atoms with Crippen LogP contribution in [0.4, 0.5) is 17.1 Å². The number of aryl methyl sites for hydroxylation is 1. The quantitative estimate of drug-likeness (QED) is 0.168. The van der Waals surface area contributed by atoms with Gasteiger partial charge in [-0.25, -0.2) is 0 Å². The number of hydrogen-bond donors (Lipinski definition) is 0. The first-order chi connectivity index (χ1) is 29.4. The summed E-state index contributed by atoms with van der Waals surface area (Å²) in [6, 6.07) is 67.5. The molecule has 12 rings (SSSR count). The Balaban J connectivity index is 1.07. The van der Waals surface area contributed by atoms with E-state index in [4.69, 9.17) is 0 Å². The predicted octanol–water partition coefficient (Wildman–Crippen LogP) is 15.8. The van der Waals surface area contributed by atoms with Crippen molar-refractivity contribution in [1.82, 2.24) is 0 Å². The molecule has 0 heterocycles. The van der Waals surface area contributed by atoms with Crippen LogP contribution in [0.1, 0.15) is 96.4 Å². The summed E-state index contributed by atoms with van der Waals surface area (Å²) in [6.45, 7) is 7.01. The summed E-state index contributed by atoms with van der Waals surface area (Å²) in [6.07, 6.45) is 6.61. The molecule has 1 fully saturated rings. The van der Waals surface area contributed by atoms with Gasteiger partial charge in [-0.15, -0.1) is 0 Å². The number of hydrogen-bond acceptors (Lipinski definition) is 1. The van der Waals surface area contributed by atoms with Crippen molar-refractivity contribution in [2.45, 2.75) is 69.6 Å². The SMILES string of the molecule is Cc1ccc2c(c1)C1(c3ccccc3-2)c2ccccc2-c2ccc(N(c3ccc(-c4ccccc4C4CCCCC4)cc3)c3ccc4c(c3)C(C)(C)c3ccccc3-4)cc21. The molecule has 4 aliphatic carbocycles. The van der Waals surface area contributed by atoms with Crippen molar-refractivity contribution in [3.63, 3.8) is 0 Å². The van der Waals surface area contributed by atoms with Crippen molar-refractivity contribution in [1.29, 1.82) is 0 Å². The van der Waals surface area contributed by atoms with E-state index in [1.165, 1.54) is 132 Å². The molecule has 8 aromatic rings. The average Bonchev–Trinajstić information content (AvgIpc) is 3.85. The van der Waals surface area contributed by atoms with Gasteiger partial charge in [-0.05, 0) is 146 Å². The Kier molecular flexibility index (Phi) is 7.86. The largest absolute Gasteiger partial charge is 0.310 e. The van der Waals surface area contributed by atoms with Gasteiger partial charge in [0.05, 0.1) is 5.41 Å². The molecule has 0 N–H and O–H groups in total. The van der Waals surface area contributed by atoms with Crippen LogP contribution in [0.25, 0.3) is 44.5 Å². The Morgan fingerprint density at radius 1 is 0.400 bits per heavy atom. The number of fused-ring (bicyclic) bond motifs is 13. The van der Waals surface area contributed by atoms with E-state index in [2.05, 4.69) is 202 Å². The molecule has 0 aromatic heterocycles. The number of rotatable bonds is 5. The summed E-state index contributed by atoms with van der Waals surface area (Å²) in [5, 5.41) is 0. The van der Waals surface area contributed by atoms with E-state index in [0.29, 0.717) is 5.92 Å². The second kappa shape index (κ2) is 13.3. The third kappa shape index (κ3) is 4.99. The van der Waals surface area contributed by atoms with Crippen molar-refractivity contribution in [2.24, 2.45) is 0 Å². The number of nitrogens with zero attached hydrogens (tertiary/aromatic N) is 1. The van der Waals surface area contributed by atoms with Crippen molar-refractivity contribution in [3.8, 4) is 44.5 Å². The van der Waals surface area contributed by atoms with E-state index in [-0.39, 0.29) is 5.41 Å². The summed E-state index contributed by atoms with van der Waals surface area (Å²) in [5.41, 5.74) is 24.7. The first-order valence-corrected chi connectivity index (χ1v) is 22.1. The standard InChI is InChI=1S/C59H49N/c1-38-25-32-50-47-20-10-13-23-53(47)59(56(50)35-38)54-24-14-11-21-48(54)51-34-31-43(37-57(51)59)60(42-30-33-49-46-19-9-12-22-52(46)58(2,3)55(49)36-42)41-28-26-40(27-29-41)45-18-8-7-17-44(45)39-15-5-4-6-16-39/h7-14,17-37,39H,4-6,15-16H2,1-3H3. The predicted molar refractivity (Wildman–Crippen MR) is 251 cm³/mol. The highest BCUT2D eigenvalue weighted by atomic mass is 15.1. The van der Waals surface area contributed by atoms with E-state index in [1.807, 2.05) is 0 Å². The van der Waals surface area contributed by atoms with E-state index in [9.17, 15) is 0 Å². The Hall–Kier alpha value is -6.44. The molecule has 1 spiro atoms. The Bertz CT molecular complexity index is 3000. The molecule has 0 bridgehead atoms. The Morgan fingerprint density at radius 3 is 1.52 bits per heavy atom. The molecular formula is C59H49N. The molecule has 290 valence electrons. The maximum atomic E-state index is 2.53. The number of benzene rings is 8. The molecule has 60 heavy (non-hydrogen) atoms. The minimum absolute atomic E-state index is 0.112. The first kappa shape index (κ1) is 35.5. The van der Waals surface area contributed by atoms with Gasteiger partial charge in [0.25, 0.3) is 0 Å². The lowest BCUT2D eigenvalue weighted by Gasteiger charge is -2.33. The van der Waals surface area contributed by atoms with Crippen molar-refractivity contribution >= 4 is 17.1 Å². The highest BCUT2D eigenvalue weighted by Crippen LogP contribution is 2.63. The second-order valence-electron chi connectivity index (χ2n) is 18.3. The highest BCUT2D eigenvalue weighted by Gasteiger charge is 2.52. The fourth-order valence-electron chi connectivity index (χ4n) is 12.0. The molecule has 0 saturated heterocycles. The van der Waals surface area contributed by atoms with Crippen LogP contribution in [0.2, 0.25) is 0 Å². The molecule has 1 unspecified atom stereocenters. The van der Waals surface area contributed by atoms with Crippen LogP contribution in [-0.4, -0.2) is 0 Å². The van der Waals surface area contributed by atoms with Gasteiger partial charge in [0.2, 0.25) is 0 Å². The minimum Gasteiger partial charge on any atom is -0.310 e. The molecule has 0 radical (unpaired) electrons. The topological polar surface area (TPSA) is 3.24 Å². The smallest absolute Gasteiger partial charge is 0.0726 e. The molecule has 1 saturated carbocycles. The highest BCUT2D eigenvalue weighted by molar-refractivity contribution is 5.97. The average molecular weight is 772 g/mol. The van der Waals surface area contributed by atoms with Gasteiger partial charge >= 0.3 is 0 Å². The van der Waals surface area contributed by atoms with E-state index in [1.54, 1.807) is 0 Å². The van der Waals surface area contributed by atoms with Crippen molar-refractivity contribution in [2.75, 3.05) is 4.90 Å². The molecule has 1 heteroatoms. The monoisotopic (exact) mass is 771 g/mol. The lowest BCUT2D eigenvalue weighted by Crippen LogP contribution is -2.26. The van der Waals surface area contributed by atoms with Crippen LogP contribution in [0.5, 0.6) is 0 Å². The maximum Gasteiger partial charge on any atom is 0.0726 e. The van der Waals surface area contributed by atoms with Gasteiger partial charge in [0.1, 0.15) is 0 Å². The summed E-state index contributed by atoms with van der Waals surface area (Å²) in [5.74, 6) is 0.641. The molecule has 0 amide bonds. The van der Waals surface area contributed by atoms with Crippen LogP contribution >= 0.6 is 0 Å². The summed E-state index contributed by atoms with van der Waals surface area (Å²) in [7, 11) is 0. The van der Waals surface area contributed by atoms with Crippen LogP contribution in [-0.2, 0) is 10.8 Å². The third-order valence-corrected chi connectivity index (χ3v) is 14.8. The molecule has 1 atom stereocenters. The van der Waals surface area contributed by atoms with Gasteiger partial charge < -0.3 is 4.90 Å². The Labute approximate surface area is 355 Å². The molecule has 4 aliphatic rings. The van der Waals surface area contributed by atoms with Gasteiger partial charge in [-0.1, -0.05) is 178 Å². The van der Waals surface area contributed by atoms with Crippen LogP contribution in [0.3, 0.4) is 0 Å². The van der Waals surface area contributed by atoms with Gasteiger partial charge in [0, 0.05) is 22.5 Å². The van der Waals surface area contributed by atoms with Crippen molar-refractivity contribution in [3.05, 3.63) is 220 Å². The zero-order valence-electron chi connectivity index (χ0n) is 34.8. The zero-order valence-corrected chi connectivity index (χ0v) is 34.8. The van der Waals surface area contributed by atoms with Crippen molar-refractivity contribution < 1.29 is 0 Å². The lowest BCUT2D eigenvalue weighted by atomic mass is 9.70. The van der Waals surface area contributed by atoms with Crippen LogP contribution in [0, 0.1) is 6.92 Å².